The number of rotatable bonds is 1. The molecule has 0 saturated heterocycles. The zero-order chi connectivity index (χ0) is 11.7. The highest BCUT2D eigenvalue weighted by Crippen LogP contribution is 2.30. The molecule has 0 radical (unpaired) electrons. The number of nitrogens with zero attached hydrogens (tertiary/aromatic N) is 2. The van der Waals surface area contributed by atoms with Crippen molar-refractivity contribution in [1.82, 2.24) is 9.97 Å². The number of hydrogen-bond donors (Lipinski definition) is 1. The van der Waals surface area contributed by atoms with Gasteiger partial charge in [-0.3, -0.25) is 0 Å². The molecule has 3 nitrogen and oxygen atoms in total. The van der Waals surface area contributed by atoms with Crippen molar-refractivity contribution < 1.29 is 0 Å². The van der Waals surface area contributed by atoms with Crippen LogP contribution in [0.3, 0.4) is 0 Å². The number of benzene rings is 2. The van der Waals surface area contributed by atoms with E-state index in [4.69, 9.17) is 5.73 Å². The second-order valence-electron chi connectivity index (χ2n) is 3.92. The number of hydrogen-bond acceptors (Lipinski definition) is 3. The molecule has 3 aromatic rings. The summed E-state index contributed by atoms with van der Waals surface area (Å²) in [5.74, 6) is 0. The van der Waals surface area contributed by atoms with Crippen LogP contribution in [-0.2, 0) is 0 Å². The van der Waals surface area contributed by atoms with E-state index in [9.17, 15) is 0 Å². The Bertz CT molecular complexity index is 663. The lowest BCUT2D eigenvalue weighted by atomic mass is 9.99. The van der Waals surface area contributed by atoms with Gasteiger partial charge in [0.05, 0.1) is 0 Å². The van der Waals surface area contributed by atoms with Gasteiger partial charge >= 0.3 is 0 Å². The average Bonchev–Trinajstić information content (AvgIpc) is 2.39. The topological polar surface area (TPSA) is 51.8 Å². The number of aromatic nitrogens is 2. The number of anilines is 1. The van der Waals surface area contributed by atoms with Gasteiger partial charge in [-0.2, -0.15) is 0 Å². The molecule has 17 heavy (non-hydrogen) atoms. The molecule has 0 amide bonds. The van der Waals surface area contributed by atoms with E-state index in [1.165, 1.54) is 6.33 Å². The van der Waals surface area contributed by atoms with Gasteiger partial charge in [0.2, 0.25) is 0 Å². The van der Waals surface area contributed by atoms with Gasteiger partial charge in [-0.05, 0) is 28.5 Å². The standard InChI is InChI=1S/C14H11N3/c15-12-5-10-3-1-2-4-13(10)14(6-12)11-7-16-9-17-8-11/h1-9H,15H2. The van der Waals surface area contributed by atoms with Crippen molar-refractivity contribution >= 4 is 16.5 Å². The Balaban J connectivity index is 2.36. The zero-order valence-electron chi connectivity index (χ0n) is 9.17. The maximum Gasteiger partial charge on any atom is 0.115 e. The SMILES string of the molecule is Nc1cc(-c2cncnc2)c2ccccc2c1. The Morgan fingerprint density at radius 1 is 0.941 bits per heavy atom. The molecule has 3 heteroatoms. The first kappa shape index (κ1) is 9.78. The molecule has 0 saturated carbocycles. The van der Waals surface area contributed by atoms with Crippen LogP contribution in [0.2, 0.25) is 0 Å². The summed E-state index contributed by atoms with van der Waals surface area (Å²) in [5, 5.41) is 2.29. The normalized spacial score (nSPS) is 10.6. The van der Waals surface area contributed by atoms with Crippen molar-refractivity contribution in [2.24, 2.45) is 0 Å². The fourth-order valence-electron chi connectivity index (χ4n) is 2.01. The van der Waals surface area contributed by atoms with E-state index in [1.54, 1.807) is 12.4 Å². The van der Waals surface area contributed by atoms with E-state index in [0.29, 0.717) is 0 Å². The van der Waals surface area contributed by atoms with Gasteiger partial charge in [0.15, 0.2) is 0 Å². The molecule has 82 valence electrons. The fourth-order valence-corrected chi connectivity index (χ4v) is 2.01. The largest absolute Gasteiger partial charge is 0.399 e. The summed E-state index contributed by atoms with van der Waals surface area (Å²) in [6.07, 6.45) is 5.13. The predicted octanol–water partition coefficient (Wildman–Crippen LogP) is 2.88. The minimum atomic E-state index is 0.752. The second kappa shape index (κ2) is 3.87. The van der Waals surface area contributed by atoms with Gasteiger partial charge in [0.1, 0.15) is 6.33 Å². The quantitative estimate of drug-likeness (QED) is 0.643. The van der Waals surface area contributed by atoms with E-state index in [-0.39, 0.29) is 0 Å². The van der Waals surface area contributed by atoms with Gasteiger partial charge in [0, 0.05) is 23.6 Å². The molecule has 1 aromatic heterocycles. The summed E-state index contributed by atoms with van der Waals surface area (Å²) in [5.41, 5.74) is 8.73. The predicted molar refractivity (Wildman–Crippen MR) is 69.4 cm³/mol. The minimum absolute atomic E-state index is 0.752. The number of fused-ring (bicyclic) bond motifs is 1. The Morgan fingerprint density at radius 3 is 2.53 bits per heavy atom. The highest BCUT2D eigenvalue weighted by Gasteiger charge is 2.05. The Kier molecular flexibility index (Phi) is 2.22. The van der Waals surface area contributed by atoms with E-state index < -0.39 is 0 Å². The molecule has 0 atom stereocenters. The van der Waals surface area contributed by atoms with Gasteiger partial charge in [-0.15, -0.1) is 0 Å². The van der Waals surface area contributed by atoms with Crippen molar-refractivity contribution in [3.05, 3.63) is 55.1 Å². The molecule has 0 bridgehead atoms. The van der Waals surface area contributed by atoms with Gasteiger partial charge in [-0.1, -0.05) is 24.3 Å². The second-order valence-corrected chi connectivity index (χ2v) is 3.92. The number of nitrogen functional groups attached to an aromatic ring is 1. The van der Waals surface area contributed by atoms with Crippen LogP contribution in [0, 0.1) is 0 Å². The van der Waals surface area contributed by atoms with Crippen LogP contribution in [0.5, 0.6) is 0 Å². The lowest BCUT2D eigenvalue weighted by Crippen LogP contribution is -1.89. The molecule has 2 N–H and O–H groups in total. The summed E-state index contributed by atoms with van der Waals surface area (Å²) >= 11 is 0. The molecule has 0 aliphatic rings. The summed E-state index contributed by atoms with van der Waals surface area (Å²) in [4.78, 5) is 8.09. The van der Waals surface area contributed by atoms with E-state index in [1.807, 2.05) is 24.3 Å². The summed E-state index contributed by atoms with van der Waals surface area (Å²) in [6, 6.07) is 12.1. The lowest BCUT2D eigenvalue weighted by Gasteiger charge is -2.07. The monoisotopic (exact) mass is 221 g/mol. The Hall–Kier alpha value is -2.42. The Morgan fingerprint density at radius 2 is 1.71 bits per heavy atom. The van der Waals surface area contributed by atoms with Crippen LogP contribution < -0.4 is 5.73 Å². The third-order valence-electron chi connectivity index (χ3n) is 2.76. The zero-order valence-corrected chi connectivity index (χ0v) is 9.17. The first-order valence-electron chi connectivity index (χ1n) is 5.38. The van der Waals surface area contributed by atoms with Crippen molar-refractivity contribution in [3.8, 4) is 11.1 Å². The third-order valence-corrected chi connectivity index (χ3v) is 2.76. The first-order chi connectivity index (χ1) is 8.34. The van der Waals surface area contributed by atoms with Gasteiger partial charge in [-0.25, -0.2) is 9.97 Å². The first-order valence-corrected chi connectivity index (χ1v) is 5.38. The van der Waals surface area contributed by atoms with Crippen molar-refractivity contribution in [1.29, 1.82) is 0 Å². The fraction of sp³-hybridized carbons (Fsp3) is 0. The third kappa shape index (κ3) is 1.72. The van der Waals surface area contributed by atoms with Crippen LogP contribution >= 0.6 is 0 Å². The van der Waals surface area contributed by atoms with Crippen LogP contribution in [-0.4, -0.2) is 9.97 Å². The van der Waals surface area contributed by atoms with E-state index in [2.05, 4.69) is 22.1 Å². The molecule has 0 spiro atoms. The lowest BCUT2D eigenvalue weighted by molar-refractivity contribution is 1.17. The molecule has 0 fully saturated rings. The Labute approximate surface area is 98.9 Å². The molecule has 3 rings (SSSR count). The van der Waals surface area contributed by atoms with E-state index >= 15 is 0 Å². The summed E-state index contributed by atoms with van der Waals surface area (Å²) < 4.78 is 0. The molecule has 0 aliphatic heterocycles. The molecule has 1 heterocycles. The van der Waals surface area contributed by atoms with Crippen LogP contribution in [0.25, 0.3) is 21.9 Å². The molecular weight excluding hydrogens is 210 g/mol. The molecular formula is C14H11N3. The van der Waals surface area contributed by atoms with E-state index in [0.717, 1.165) is 27.6 Å². The maximum atomic E-state index is 5.92. The average molecular weight is 221 g/mol. The van der Waals surface area contributed by atoms with Crippen LogP contribution in [0.15, 0.2) is 55.1 Å². The van der Waals surface area contributed by atoms with Crippen LogP contribution in [0.1, 0.15) is 0 Å². The highest BCUT2D eigenvalue weighted by molar-refractivity contribution is 5.98. The molecule has 0 aliphatic carbocycles. The molecule has 0 unspecified atom stereocenters. The maximum absolute atomic E-state index is 5.92. The van der Waals surface area contributed by atoms with Gasteiger partial charge < -0.3 is 5.73 Å². The highest BCUT2D eigenvalue weighted by atomic mass is 14.8. The summed E-state index contributed by atoms with van der Waals surface area (Å²) in [6.45, 7) is 0. The smallest absolute Gasteiger partial charge is 0.115 e. The van der Waals surface area contributed by atoms with Crippen molar-refractivity contribution in [2.75, 3.05) is 5.73 Å². The summed E-state index contributed by atoms with van der Waals surface area (Å²) in [7, 11) is 0. The minimum Gasteiger partial charge on any atom is -0.399 e. The number of nitrogens with two attached hydrogens (primary N) is 1. The van der Waals surface area contributed by atoms with Crippen molar-refractivity contribution in [2.45, 2.75) is 0 Å². The van der Waals surface area contributed by atoms with Crippen molar-refractivity contribution in [3.63, 3.8) is 0 Å². The molecule has 2 aromatic carbocycles. The van der Waals surface area contributed by atoms with Crippen LogP contribution in [0.4, 0.5) is 5.69 Å². The van der Waals surface area contributed by atoms with Gasteiger partial charge in [0.25, 0.3) is 0 Å².